The second kappa shape index (κ2) is 9.98. The molecule has 0 unspecified atom stereocenters. The van der Waals surface area contributed by atoms with E-state index in [4.69, 9.17) is 9.16 Å². The molecule has 0 saturated heterocycles. The van der Waals surface area contributed by atoms with Crippen molar-refractivity contribution in [3.8, 4) is 0 Å². The van der Waals surface area contributed by atoms with Gasteiger partial charge in [-0.05, 0) is 43.1 Å². The molecule has 170 valence electrons. The SMILES string of the molecule is C[C@H](NC(=O)OC(C)(C)C)[C@@H](O)CO[Si](c1ccccc1)(c1ccccc1)C(C)(C)C. The van der Waals surface area contributed by atoms with Crippen molar-refractivity contribution in [3.05, 3.63) is 60.7 Å². The van der Waals surface area contributed by atoms with Gasteiger partial charge in [-0.15, -0.1) is 0 Å². The molecule has 0 radical (unpaired) electrons. The molecule has 2 atom stereocenters. The monoisotopic (exact) mass is 443 g/mol. The average Bonchev–Trinajstić information content (AvgIpc) is 2.67. The maximum absolute atomic E-state index is 12.1. The first-order chi connectivity index (χ1) is 14.4. The molecule has 31 heavy (non-hydrogen) atoms. The van der Waals surface area contributed by atoms with E-state index in [0.29, 0.717) is 0 Å². The van der Waals surface area contributed by atoms with E-state index in [2.05, 4.69) is 50.4 Å². The summed E-state index contributed by atoms with van der Waals surface area (Å²) in [7, 11) is -2.74. The Morgan fingerprint density at radius 2 is 1.39 bits per heavy atom. The van der Waals surface area contributed by atoms with E-state index in [1.807, 2.05) is 36.4 Å². The van der Waals surface area contributed by atoms with Crippen molar-refractivity contribution in [2.45, 2.75) is 71.3 Å². The quantitative estimate of drug-likeness (QED) is 0.638. The predicted octanol–water partition coefficient (Wildman–Crippen LogP) is 3.84. The smallest absolute Gasteiger partial charge is 0.407 e. The van der Waals surface area contributed by atoms with Gasteiger partial charge >= 0.3 is 6.09 Å². The number of alkyl carbamates (subject to hydrolysis) is 1. The fourth-order valence-corrected chi connectivity index (χ4v) is 8.28. The van der Waals surface area contributed by atoms with Crippen molar-refractivity contribution < 1.29 is 19.1 Å². The first-order valence-electron chi connectivity index (χ1n) is 10.8. The van der Waals surface area contributed by atoms with Gasteiger partial charge in [0.25, 0.3) is 8.32 Å². The average molecular weight is 444 g/mol. The van der Waals surface area contributed by atoms with Crippen LogP contribution in [0.3, 0.4) is 0 Å². The molecule has 2 rings (SSSR count). The highest BCUT2D eigenvalue weighted by molar-refractivity contribution is 6.99. The Bertz CT molecular complexity index is 789. The van der Waals surface area contributed by atoms with Crippen LogP contribution in [0.4, 0.5) is 4.79 Å². The Kier molecular flexibility index (Phi) is 8.08. The number of hydrogen-bond acceptors (Lipinski definition) is 4. The molecule has 0 bridgehead atoms. The van der Waals surface area contributed by atoms with Gasteiger partial charge in [0.05, 0.1) is 18.8 Å². The molecule has 5 nitrogen and oxygen atoms in total. The van der Waals surface area contributed by atoms with Crippen LogP contribution in [-0.4, -0.2) is 43.9 Å². The number of carbonyl (C=O) groups is 1. The number of amides is 1. The van der Waals surface area contributed by atoms with Gasteiger partial charge in [-0.1, -0.05) is 81.4 Å². The second-order valence-corrected chi connectivity index (χ2v) is 14.3. The first-order valence-corrected chi connectivity index (χ1v) is 12.7. The molecule has 0 spiro atoms. The summed E-state index contributed by atoms with van der Waals surface area (Å²) >= 11 is 0. The van der Waals surface area contributed by atoms with Gasteiger partial charge in [0.1, 0.15) is 5.60 Å². The van der Waals surface area contributed by atoms with Crippen LogP contribution in [-0.2, 0) is 9.16 Å². The fraction of sp³-hybridized carbons (Fsp3) is 0.480. The standard InChI is InChI=1S/C25H37NO4Si/c1-19(26-23(28)30-24(2,3)4)22(27)18-29-31(25(5,6)7,20-14-10-8-11-15-20)21-16-12-9-13-17-21/h8-17,19,22,27H,18H2,1-7H3,(H,26,28)/t19-,22-/m0/s1. The van der Waals surface area contributed by atoms with E-state index in [1.54, 1.807) is 27.7 Å². The van der Waals surface area contributed by atoms with Crippen molar-refractivity contribution in [2.75, 3.05) is 6.61 Å². The molecular formula is C25H37NO4Si. The lowest BCUT2D eigenvalue weighted by Gasteiger charge is -2.43. The van der Waals surface area contributed by atoms with E-state index >= 15 is 0 Å². The molecule has 0 saturated carbocycles. The predicted molar refractivity (Wildman–Crippen MR) is 128 cm³/mol. The van der Waals surface area contributed by atoms with Crippen LogP contribution < -0.4 is 15.7 Å². The summed E-state index contributed by atoms with van der Waals surface area (Å²) in [5.74, 6) is 0. The van der Waals surface area contributed by atoms with Gasteiger partial charge in [0.2, 0.25) is 0 Å². The summed E-state index contributed by atoms with van der Waals surface area (Å²) in [5, 5.41) is 15.6. The summed E-state index contributed by atoms with van der Waals surface area (Å²) < 4.78 is 12.0. The normalized spacial score (nSPS) is 14.6. The van der Waals surface area contributed by atoms with Crippen LogP contribution in [0, 0.1) is 0 Å². The lowest BCUT2D eigenvalue weighted by molar-refractivity contribution is 0.0363. The molecule has 2 N–H and O–H groups in total. The van der Waals surface area contributed by atoms with Gasteiger partial charge < -0.3 is 19.6 Å². The third-order valence-corrected chi connectivity index (χ3v) is 10.2. The highest BCUT2D eigenvalue weighted by atomic mass is 28.4. The topological polar surface area (TPSA) is 67.8 Å². The van der Waals surface area contributed by atoms with E-state index in [1.165, 1.54) is 0 Å². The van der Waals surface area contributed by atoms with Crippen LogP contribution >= 0.6 is 0 Å². The van der Waals surface area contributed by atoms with Crippen LogP contribution in [0.25, 0.3) is 0 Å². The number of hydrogen-bond donors (Lipinski definition) is 2. The molecule has 2 aromatic rings. The van der Waals surface area contributed by atoms with Crippen LogP contribution in [0.15, 0.2) is 60.7 Å². The maximum atomic E-state index is 12.1. The first kappa shape index (κ1) is 25.1. The number of aliphatic hydroxyl groups excluding tert-OH is 1. The fourth-order valence-electron chi connectivity index (χ4n) is 3.71. The maximum Gasteiger partial charge on any atom is 0.407 e. The number of nitrogens with one attached hydrogen (secondary N) is 1. The minimum atomic E-state index is -2.74. The van der Waals surface area contributed by atoms with Crippen molar-refractivity contribution in [2.24, 2.45) is 0 Å². The lowest BCUT2D eigenvalue weighted by Crippen LogP contribution is -2.67. The number of rotatable bonds is 7. The van der Waals surface area contributed by atoms with Gasteiger partial charge in [0.15, 0.2) is 0 Å². The zero-order valence-electron chi connectivity index (χ0n) is 19.8. The van der Waals surface area contributed by atoms with Crippen LogP contribution in [0.2, 0.25) is 5.04 Å². The van der Waals surface area contributed by atoms with Crippen molar-refractivity contribution in [1.82, 2.24) is 5.32 Å². The Labute approximate surface area is 187 Å². The molecule has 0 aliphatic heterocycles. The zero-order valence-corrected chi connectivity index (χ0v) is 20.8. The van der Waals surface area contributed by atoms with Crippen LogP contribution in [0.5, 0.6) is 0 Å². The Morgan fingerprint density at radius 3 is 1.77 bits per heavy atom. The minimum absolute atomic E-state index is 0.101. The second-order valence-electron chi connectivity index (χ2n) is 9.98. The Morgan fingerprint density at radius 1 is 0.935 bits per heavy atom. The lowest BCUT2D eigenvalue weighted by atomic mass is 10.2. The van der Waals surface area contributed by atoms with Gasteiger partial charge in [-0.2, -0.15) is 0 Å². The summed E-state index contributed by atoms with van der Waals surface area (Å²) in [6, 6.07) is 20.0. The number of carbonyl (C=O) groups excluding carboxylic acids is 1. The molecule has 0 heterocycles. The summed E-state index contributed by atoms with van der Waals surface area (Å²) in [6.07, 6.45) is -1.43. The van der Waals surface area contributed by atoms with E-state index in [-0.39, 0.29) is 11.6 Å². The third kappa shape index (κ3) is 6.42. The van der Waals surface area contributed by atoms with Crippen LogP contribution in [0.1, 0.15) is 48.5 Å². The highest BCUT2D eigenvalue weighted by Crippen LogP contribution is 2.36. The third-order valence-electron chi connectivity index (χ3n) is 5.21. The molecule has 0 aliphatic carbocycles. The summed E-state index contributed by atoms with van der Waals surface area (Å²) in [4.78, 5) is 12.1. The highest BCUT2D eigenvalue weighted by Gasteiger charge is 2.50. The largest absolute Gasteiger partial charge is 0.444 e. The molecule has 0 fully saturated rings. The van der Waals surface area contributed by atoms with Crippen molar-refractivity contribution in [3.63, 3.8) is 0 Å². The molecule has 1 amide bonds. The minimum Gasteiger partial charge on any atom is -0.444 e. The van der Waals surface area contributed by atoms with Gasteiger partial charge in [-0.25, -0.2) is 4.79 Å². The Balaban J connectivity index is 2.30. The molecule has 0 aliphatic rings. The Hall–Kier alpha value is -2.15. The number of benzene rings is 2. The summed E-state index contributed by atoms with van der Waals surface area (Å²) in [6.45, 7) is 13.8. The number of ether oxygens (including phenoxy) is 1. The van der Waals surface area contributed by atoms with Crippen molar-refractivity contribution in [1.29, 1.82) is 0 Å². The van der Waals surface area contributed by atoms with E-state index < -0.39 is 32.2 Å². The molecule has 6 heteroatoms. The number of aliphatic hydroxyl groups is 1. The van der Waals surface area contributed by atoms with E-state index in [9.17, 15) is 9.90 Å². The van der Waals surface area contributed by atoms with Crippen molar-refractivity contribution >= 4 is 24.8 Å². The van der Waals surface area contributed by atoms with Gasteiger partial charge in [0, 0.05) is 0 Å². The van der Waals surface area contributed by atoms with E-state index in [0.717, 1.165) is 10.4 Å². The molecule has 0 aromatic heterocycles. The van der Waals surface area contributed by atoms with Gasteiger partial charge in [-0.3, -0.25) is 0 Å². The summed E-state index contributed by atoms with van der Waals surface area (Å²) in [5.41, 5.74) is -0.597. The molecule has 2 aromatic carbocycles. The molecular weight excluding hydrogens is 406 g/mol. The zero-order chi connectivity index (χ0) is 23.3.